The number of aromatic nitrogens is 2. The lowest BCUT2D eigenvalue weighted by Crippen LogP contribution is -2.26. The lowest BCUT2D eigenvalue weighted by molar-refractivity contribution is 0.0376. The van der Waals surface area contributed by atoms with Gasteiger partial charge in [-0.2, -0.15) is 0 Å². The number of carbonyl (C=O) groups is 2. The number of aromatic amines is 1. The van der Waals surface area contributed by atoms with Crippen LogP contribution in [0.1, 0.15) is 51.5 Å². The fourth-order valence-electron chi connectivity index (χ4n) is 3.32. The number of hydrogen-bond acceptors (Lipinski definition) is 4. The Hall–Kier alpha value is -3.15. The molecule has 2 heterocycles. The molecule has 2 N–H and O–H groups in total. The minimum absolute atomic E-state index is 0.215. The van der Waals surface area contributed by atoms with Crippen LogP contribution in [0.25, 0.3) is 10.9 Å². The Balaban J connectivity index is 1.69. The van der Waals surface area contributed by atoms with E-state index in [4.69, 9.17) is 4.74 Å². The number of H-pyrrole nitrogens is 1. The van der Waals surface area contributed by atoms with E-state index in [1.165, 1.54) is 0 Å². The number of nitrogens with zero attached hydrogens (tertiary/aromatic N) is 1. The van der Waals surface area contributed by atoms with Gasteiger partial charge in [0, 0.05) is 23.8 Å². The Labute approximate surface area is 164 Å². The van der Waals surface area contributed by atoms with Gasteiger partial charge in [0.2, 0.25) is 0 Å². The van der Waals surface area contributed by atoms with Crippen LogP contribution >= 0.6 is 0 Å². The Bertz CT molecular complexity index is 1020. The van der Waals surface area contributed by atoms with Gasteiger partial charge in [-0.15, -0.1) is 0 Å². The van der Waals surface area contributed by atoms with Gasteiger partial charge in [-0.1, -0.05) is 24.3 Å². The van der Waals surface area contributed by atoms with E-state index in [9.17, 15) is 9.59 Å². The summed E-state index contributed by atoms with van der Waals surface area (Å²) in [7, 11) is 0. The summed E-state index contributed by atoms with van der Waals surface area (Å²) in [5.74, 6) is -0.653. The standard InChI is InChI=1S/C22H25N3O3/c1-13(2)28-22(27)18-14(3)19(25-15(18)4)21(26)24-12-10-17-8-5-7-16-9-6-11-23-20(16)17/h5-9,11,13,25H,10,12H2,1-4H3,(H,24,26). The van der Waals surface area contributed by atoms with Gasteiger partial charge in [0.05, 0.1) is 17.2 Å². The van der Waals surface area contributed by atoms with Crippen molar-refractivity contribution in [3.05, 3.63) is 64.6 Å². The smallest absolute Gasteiger partial charge is 0.340 e. The quantitative estimate of drug-likeness (QED) is 0.640. The summed E-state index contributed by atoms with van der Waals surface area (Å²) in [6.07, 6.45) is 2.22. The van der Waals surface area contributed by atoms with E-state index in [0.717, 1.165) is 16.5 Å². The average Bonchev–Trinajstić information content (AvgIpc) is 2.95. The Morgan fingerprint density at radius 2 is 1.93 bits per heavy atom. The SMILES string of the molecule is Cc1[nH]c(C(=O)NCCc2cccc3cccnc23)c(C)c1C(=O)OC(C)C. The largest absolute Gasteiger partial charge is 0.459 e. The van der Waals surface area contributed by atoms with Crippen LogP contribution in [0, 0.1) is 13.8 Å². The number of rotatable bonds is 6. The number of hydrogen-bond donors (Lipinski definition) is 2. The van der Waals surface area contributed by atoms with Gasteiger partial charge in [0.15, 0.2) is 0 Å². The molecule has 0 saturated carbocycles. The zero-order chi connectivity index (χ0) is 20.3. The molecule has 3 rings (SSSR count). The van der Waals surface area contributed by atoms with Crippen LogP contribution in [-0.2, 0) is 11.2 Å². The molecule has 0 spiro atoms. The second-order valence-electron chi connectivity index (χ2n) is 7.08. The van der Waals surface area contributed by atoms with Crippen molar-refractivity contribution in [1.29, 1.82) is 0 Å². The molecule has 2 aromatic heterocycles. The molecule has 3 aromatic rings. The van der Waals surface area contributed by atoms with Crippen LogP contribution in [-0.4, -0.2) is 34.5 Å². The summed E-state index contributed by atoms with van der Waals surface area (Å²) in [6.45, 7) is 7.58. The zero-order valence-corrected chi connectivity index (χ0v) is 16.6. The van der Waals surface area contributed by atoms with E-state index in [2.05, 4.69) is 15.3 Å². The third kappa shape index (κ3) is 4.06. The van der Waals surface area contributed by atoms with Crippen LogP contribution in [0.2, 0.25) is 0 Å². The molecule has 0 fully saturated rings. The highest BCUT2D eigenvalue weighted by atomic mass is 16.5. The maximum atomic E-state index is 12.6. The summed E-state index contributed by atoms with van der Waals surface area (Å²) in [4.78, 5) is 32.4. The Kier molecular flexibility index (Phi) is 5.78. The number of ether oxygens (including phenoxy) is 1. The second-order valence-corrected chi connectivity index (χ2v) is 7.08. The number of fused-ring (bicyclic) bond motifs is 1. The fraction of sp³-hybridized carbons (Fsp3) is 0.318. The number of pyridine rings is 1. The van der Waals surface area contributed by atoms with Gasteiger partial charge in [0.1, 0.15) is 5.69 Å². The van der Waals surface area contributed by atoms with Crippen LogP contribution < -0.4 is 5.32 Å². The topological polar surface area (TPSA) is 84.1 Å². The highest BCUT2D eigenvalue weighted by Gasteiger charge is 2.23. The van der Waals surface area contributed by atoms with Crippen LogP contribution in [0.5, 0.6) is 0 Å². The van der Waals surface area contributed by atoms with Crippen molar-refractivity contribution in [2.45, 2.75) is 40.2 Å². The minimum Gasteiger partial charge on any atom is -0.459 e. The van der Waals surface area contributed by atoms with Gasteiger partial charge < -0.3 is 15.0 Å². The van der Waals surface area contributed by atoms with Crippen molar-refractivity contribution in [3.8, 4) is 0 Å². The van der Waals surface area contributed by atoms with Crippen LogP contribution in [0.15, 0.2) is 36.5 Å². The monoisotopic (exact) mass is 379 g/mol. The molecule has 0 aliphatic carbocycles. The molecule has 0 unspecified atom stereocenters. The van der Waals surface area contributed by atoms with Crippen molar-refractivity contribution in [2.24, 2.45) is 0 Å². The molecule has 0 saturated heterocycles. The molecular weight excluding hydrogens is 354 g/mol. The number of esters is 1. The number of benzene rings is 1. The van der Waals surface area contributed by atoms with E-state index in [1.54, 1.807) is 33.9 Å². The predicted molar refractivity (Wildman–Crippen MR) is 109 cm³/mol. The van der Waals surface area contributed by atoms with E-state index in [1.807, 2.05) is 30.3 Å². The first kappa shape index (κ1) is 19.6. The van der Waals surface area contributed by atoms with Gasteiger partial charge in [-0.25, -0.2) is 4.79 Å². The molecule has 146 valence electrons. The molecule has 1 amide bonds. The summed E-state index contributed by atoms with van der Waals surface area (Å²) < 4.78 is 5.27. The van der Waals surface area contributed by atoms with Crippen molar-refractivity contribution in [1.82, 2.24) is 15.3 Å². The van der Waals surface area contributed by atoms with Crippen LogP contribution in [0.3, 0.4) is 0 Å². The van der Waals surface area contributed by atoms with Gasteiger partial charge in [-0.3, -0.25) is 9.78 Å². The lowest BCUT2D eigenvalue weighted by Gasteiger charge is -2.09. The van der Waals surface area contributed by atoms with E-state index < -0.39 is 5.97 Å². The maximum absolute atomic E-state index is 12.6. The molecule has 0 aliphatic heterocycles. The number of aryl methyl sites for hydroxylation is 1. The zero-order valence-electron chi connectivity index (χ0n) is 16.6. The van der Waals surface area contributed by atoms with Gasteiger partial charge in [-0.05, 0) is 51.3 Å². The first-order valence-corrected chi connectivity index (χ1v) is 9.39. The van der Waals surface area contributed by atoms with Gasteiger partial charge >= 0.3 is 5.97 Å². The van der Waals surface area contributed by atoms with Gasteiger partial charge in [0.25, 0.3) is 5.91 Å². The lowest BCUT2D eigenvalue weighted by atomic mass is 10.1. The molecule has 0 radical (unpaired) electrons. The molecular formula is C22H25N3O3. The van der Waals surface area contributed by atoms with Crippen molar-refractivity contribution in [2.75, 3.05) is 6.54 Å². The highest BCUT2D eigenvalue weighted by molar-refractivity contribution is 6.00. The molecule has 1 aromatic carbocycles. The number of amides is 1. The Morgan fingerprint density at radius 3 is 2.68 bits per heavy atom. The normalized spacial score (nSPS) is 11.0. The summed E-state index contributed by atoms with van der Waals surface area (Å²) in [5.41, 5.74) is 4.09. The average molecular weight is 379 g/mol. The van der Waals surface area contributed by atoms with Crippen molar-refractivity contribution in [3.63, 3.8) is 0 Å². The van der Waals surface area contributed by atoms with E-state index >= 15 is 0 Å². The molecule has 0 bridgehead atoms. The number of carbonyl (C=O) groups excluding carboxylic acids is 2. The van der Waals surface area contributed by atoms with Crippen molar-refractivity contribution >= 4 is 22.8 Å². The molecule has 6 heteroatoms. The minimum atomic E-state index is -0.415. The van der Waals surface area contributed by atoms with Crippen LogP contribution in [0.4, 0.5) is 0 Å². The maximum Gasteiger partial charge on any atom is 0.340 e. The molecule has 28 heavy (non-hydrogen) atoms. The van der Waals surface area contributed by atoms with Crippen molar-refractivity contribution < 1.29 is 14.3 Å². The second kappa shape index (κ2) is 8.25. The highest BCUT2D eigenvalue weighted by Crippen LogP contribution is 2.20. The molecule has 0 aliphatic rings. The third-order valence-electron chi connectivity index (χ3n) is 4.61. The fourth-order valence-corrected chi connectivity index (χ4v) is 3.32. The first-order chi connectivity index (χ1) is 13.4. The summed E-state index contributed by atoms with van der Waals surface area (Å²) in [6, 6.07) is 9.96. The third-order valence-corrected chi connectivity index (χ3v) is 4.61. The van der Waals surface area contributed by atoms with E-state index in [0.29, 0.717) is 35.5 Å². The number of para-hydroxylation sites is 1. The predicted octanol–water partition coefficient (Wildman–Crippen LogP) is 3.72. The molecule has 6 nitrogen and oxygen atoms in total. The summed E-state index contributed by atoms with van der Waals surface area (Å²) >= 11 is 0. The molecule has 0 atom stereocenters. The first-order valence-electron chi connectivity index (χ1n) is 9.39. The van der Waals surface area contributed by atoms with E-state index in [-0.39, 0.29) is 12.0 Å². The Morgan fingerprint density at radius 1 is 1.18 bits per heavy atom. The number of nitrogens with one attached hydrogen (secondary N) is 2. The summed E-state index contributed by atoms with van der Waals surface area (Å²) in [5, 5.41) is 4.00.